The lowest BCUT2D eigenvalue weighted by atomic mass is 10.1. The van der Waals surface area contributed by atoms with Crippen LogP contribution < -0.4 is 5.32 Å². The van der Waals surface area contributed by atoms with Crippen molar-refractivity contribution in [3.05, 3.63) is 70.7 Å². The summed E-state index contributed by atoms with van der Waals surface area (Å²) < 4.78 is 0. The molecule has 0 radical (unpaired) electrons. The molecule has 0 heterocycles. The van der Waals surface area contributed by atoms with Gasteiger partial charge in [0, 0.05) is 10.8 Å². The Balaban J connectivity index is 1.82. The van der Waals surface area contributed by atoms with E-state index in [2.05, 4.69) is 5.32 Å². The van der Waals surface area contributed by atoms with Gasteiger partial charge >= 0.3 is 0 Å². The van der Waals surface area contributed by atoms with E-state index in [1.165, 1.54) is 11.8 Å². The number of rotatable bonds is 7. The third-order valence-electron chi connectivity index (χ3n) is 3.79. The first-order valence-electron chi connectivity index (χ1n) is 7.88. The fourth-order valence-corrected chi connectivity index (χ4v) is 3.26. The SMILES string of the molecule is CC(SCC(O)c1ccccc1)C(=O)NC(C)c1ccc(Cl)cc1. The number of amides is 1. The van der Waals surface area contributed by atoms with Gasteiger partial charge < -0.3 is 10.4 Å². The first-order chi connectivity index (χ1) is 11.5. The maximum atomic E-state index is 12.3. The zero-order chi connectivity index (χ0) is 17.5. The highest BCUT2D eigenvalue weighted by Crippen LogP contribution is 2.22. The van der Waals surface area contributed by atoms with Crippen LogP contribution in [0.4, 0.5) is 0 Å². The highest BCUT2D eigenvalue weighted by Gasteiger charge is 2.18. The number of benzene rings is 2. The molecule has 0 aliphatic heterocycles. The van der Waals surface area contributed by atoms with Gasteiger partial charge in [-0.3, -0.25) is 4.79 Å². The summed E-state index contributed by atoms with van der Waals surface area (Å²) in [6, 6.07) is 16.8. The summed E-state index contributed by atoms with van der Waals surface area (Å²) >= 11 is 7.32. The Morgan fingerprint density at radius 2 is 1.71 bits per heavy atom. The Kier molecular flexibility index (Phi) is 7.16. The third kappa shape index (κ3) is 5.55. The number of nitrogens with one attached hydrogen (secondary N) is 1. The first-order valence-corrected chi connectivity index (χ1v) is 9.30. The first kappa shape index (κ1) is 18.8. The van der Waals surface area contributed by atoms with Crippen LogP contribution in [-0.2, 0) is 4.79 Å². The standard InChI is InChI=1S/C19H22ClNO2S/c1-13(15-8-10-17(20)11-9-15)21-19(23)14(2)24-12-18(22)16-6-4-3-5-7-16/h3-11,13-14,18,22H,12H2,1-2H3,(H,21,23). The van der Waals surface area contributed by atoms with Gasteiger partial charge in [-0.1, -0.05) is 54.1 Å². The van der Waals surface area contributed by atoms with E-state index in [0.29, 0.717) is 10.8 Å². The summed E-state index contributed by atoms with van der Waals surface area (Å²) in [4.78, 5) is 12.3. The summed E-state index contributed by atoms with van der Waals surface area (Å²) in [5.41, 5.74) is 1.88. The molecule has 5 heteroatoms. The minimum atomic E-state index is -0.569. The van der Waals surface area contributed by atoms with E-state index < -0.39 is 6.10 Å². The van der Waals surface area contributed by atoms with Crippen LogP contribution in [0.2, 0.25) is 5.02 Å². The van der Waals surface area contributed by atoms with Crippen LogP contribution in [0.3, 0.4) is 0 Å². The number of thioether (sulfide) groups is 1. The average Bonchev–Trinajstić information content (AvgIpc) is 2.60. The Bertz CT molecular complexity index is 648. The molecular weight excluding hydrogens is 342 g/mol. The van der Waals surface area contributed by atoms with Gasteiger partial charge in [0.15, 0.2) is 0 Å². The second-order valence-corrected chi connectivity index (χ2v) is 7.49. The lowest BCUT2D eigenvalue weighted by Crippen LogP contribution is -2.33. The molecule has 0 bridgehead atoms. The predicted octanol–water partition coefficient (Wildman–Crippen LogP) is 4.37. The van der Waals surface area contributed by atoms with Crippen molar-refractivity contribution in [1.82, 2.24) is 5.32 Å². The van der Waals surface area contributed by atoms with E-state index in [1.54, 1.807) is 0 Å². The average molecular weight is 364 g/mol. The van der Waals surface area contributed by atoms with E-state index in [9.17, 15) is 9.90 Å². The number of carbonyl (C=O) groups excluding carboxylic acids is 1. The zero-order valence-corrected chi connectivity index (χ0v) is 15.3. The van der Waals surface area contributed by atoms with Gasteiger partial charge in [-0.15, -0.1) is 11.8 Å². The highest BCUT2D eigenvalue weighted by molar-refractivity contribution is 8.00. The topological polar surface area (TPSA) is 49.3 Å². The summed E-state index contributed by atoms with van der Waals surface area (Å²) in [5, 5.41) is 13.6. The number of hydrogen-bond acceptors (Lipinski definition) is 3. The van der Waals surface area contributed by atoms with Crippen LogP contribution in [0.25, 0.3) is 0 Å². The summed E-state index contributed by atoms with van der Waals surface area (Å²) in [6.07, 6.45) is -0.569. The van der Waals surface area contributed by atoms with Gasteiger partial charge in [0.1, 0.15) is 0 Å². The molecule has 3 unspecified atom stereocenters. The number of aliphatic hydroxyl groups is 1. The van der Waals surface area contributed by atoms with Crippen molar-refractivity contribution in [2.24, 2.45) is 0 Å². The van der Waals surface area contributed by atoms with Crippen LogP contribution >= 0.6 is 23.4 Å². The summed E-state index contributed by atoms with van der Waals surface area (Å²) in [6.45, 7) is 3.80. The fraction of sp³-hybridized carbons (Fsp3) is 0.316. The number of carbonyl (C=O) groups is 1. The summed E-state index contributed by atoms with van der Waals surface area (Å²) in [7, 11) is 0. The van der Waals surface area contributed by atoms with Gasteiger partial charge in [0.25, 0.3) is 0 Å². The molecule has 2 rings (SSSR count). The smallest absolute Gasteiger partial charge is 0.233 e. The van der Waals surface area contributed by atoms with Gasteiger partial charge in [-0.25, -0.2) is 0 Å². The molecule has 0 aliphatic carbocycles. The Hall–Kier alpha value is -1.49. The third-order valence-corrected chi connectivity index (χ3v) is 5.26. The molecule has 3 nitrogen and oxygen atoms in total. The molecule has 2 N–H and O–H groups in total. The Morgan fingerprint density at radius 3 is 2.33 bits per heavy atom. The molecule has 0 aromatic heterocycles. The second kappa shape index (κ2) is 9.11. The van der Waals surface area contributed by atoms with Crippen molar-refractivity contribution < 1.29 is 9.90 Å². The molecule has 128 valence electrons. The molecule has 1 amide bonds. The molecule has 24 heavy (non-hydrogen) atoms. The molecule has 2 aromatic rings. The normalized spacial score (nSPS) is 14.7. The van der Waals surface area contributed by atoms with Crippen LogP contribution in [0, 0.1) is 0 Å². The van der Waals surface area contributed by atoms with Crippen LogP contribution in [0.1, 0.15) is 37.1 Å². The van der Waals surface area contributed by atoms with Crippen molar-refractivity contribution in [1.29, 1.82) is 0 Å². The van der Waals surface area contributed by atoms with Crippen molar-refractivity contribution in [2.75, 3.05) is 5.75 Å². The lowest BCUT2D eigenvalue weighted by Gasteiger charge is -2.19. The van der Waals surface area contributed by atoms with E-state index in [4.69, 9.17) is 11.6 Å². The largest absolute Gasteiger partial charge is 0.388 e. The molecule has 3 atom stereocenters. The number of halogens is 1. The van der Waals surface area contributed by atoms with Gasteiger partial charge in [0.05, 0.1) is 17.4 Å². The van der Waals surface area contributed by atoms with Crippen molar-refractivity contribution in [3.63, 3.8) is 0 Å². The monoisotopic (exact) mass is 363 g/mol. The fourth-order valence-electron chi connectivity index (χ4n) is 2.25. The lowest BCUT2D eigenvalue weighted by molar-refractivity contribution is -0.120. The highest BCUT2D eigenvalue weighted by atomic mass is 35.5. The molecule has 0 fully saturated rings. The van der Waals surface area contributed by atoms with Gasteiger partial charge in [0.2, 0.25) is 5.91 Å². The quantitative estimate of drug-likeness (QED) is 0.767. The summed E-state index contributed by atoms with van der Waals surface area (Å²) in [5.74, 6) is 0.441. The Morgan fingerprint density at radius 1 is 1.08 bits per heavy atom. The Labute approximate surface area is 152 Å². The van der Waals surface area contributed by atoms with Gasteiger partial charge in [-0.05, 0) is 37.1 Å². The predicted molar refractivity (Wildman–Crippen MR) is 101 cm³/mol. The molecular formula is C19H22ClNO2S. The van der Waals surface area contributed by atoms with E-state index >= 15 is 0 Å². The van der Waals surface area contributed by atoms with Crippen molar-refractivity contribution >= 4 is 29.3 Å². The minimum Gasteiger partial charge on any atom is -0.388 e. The van der Waals surface area contributed by atoms with E-state index in [-0.39, 0.29) is 17.2 Å². The van der Waals surface area contributed by atoms with Crippen molar-refractivity contribution in [3.8, 4) is 0 Å². The molecule has 0 saturated carbocycles. The van der Waals surface area contributed by atoms with Crippen molar-refractivity contribution in [2.45, 2.75) is 31.2 Å². The number of hydrogen-bond donors (Lipinski definition) is 2. The maximum absolute atomic E-state index is 12.3. The van der Waals surface area contributed by atoms with Gasteiger partial charge in [-0.2, -0.15) is 0 Å². The van der Waals surface area contributed by atoms with E-state index in [1.807, 2.05) is 68.4 Å². The molecule has 0 aliphatic rings. The molecule has 0 saturated heterocycles. The molecule has 0 spiro atoms. The minimum absolute atomic E-state index is 0.0392. The van der Waals surface area contributed by atoms with Crippen LogP contribution in [0.5, 0.6) is 0 Å². The van der Waals surface area contributed by atoms with Crippen LogP contribution in [0.15, 0.2) is 54.6 Å². The second-order valence-electron chi connectivity index (χ2n) is 5.68. The molecule has 2 aromatic carbocycles. The van der Waals surface area contributed by atoms with Crippen LogP contribution in [-0.4, -0.2) is 22.0 Å². The zero-order valence-electron chi connectivity index (χ0n) is 13.8. The number of aliphatic hydroxyl groups excluding tert-OH is 1. The maximum Gasteiger partial charge on any atom is 0.233 e. The van der Waals surface area contributed by atoms with E-state index in [0.717, 1.165) is 11.1 Å².